The van der Waals surface area contributed by atoms with Crippen LogP contribution < -0.4 is 5.73 Å². The van der Waals surface area contributed by atoms with Gasteiger partial charge in [0.15, 0.2) is 0 Å². The number of aromatic nitrogens is 1. The van der Waals surface area contributed by atoms with E-state index >= 15 is 0 Å². The molecule has 0 aliphatic rings. The van der Waals surface area contributed by atoms with Crippen LogP contribution in [0.25, 0.3) is 0 Å². The lowest BCUT2D eigenvalue weighted by Gasteiger charge is -2.22. The van der Waals surface area contributed by atoms with Crippen LogP contribution in [0.15, 0.2) is 18.3 Å². The van der Waals surface area contributed by atoms with E-state index < -0.39 is 5.67 Å². The molecule has 0 fully saturated rings. The number of alkyl halides is 1. The number of pyridine rings is 1. The molecule has 0 aliphatic heterocycles. The molecule has 0 spiro atoms. The fourth-order valence-corrected chi connectivity index (χ4v) is 1.80. The van der Waals surface area contributed by atoms with Crippen LogP contribution in [-0.2, 0) is 12.8 Å². The smallest absolute Gasteiger partial charge is 0.128 e. The Bertz CT molecular complexity index is 310. The first-order valence-corrected chi connectivity index (χ1v) is 5.96. The average molecular weight is 224 g/mol. The molecule has 0 bridgehead atoms. The number of aryl methyl sites for hydroxylation is 1. The Morgan fingerprint density at radius 2 is 2.12 bits per heavy atom. The number of rotatable bonds is 6. The van der Waals surface area contributed by atoms with E-state index in [4.69, 9.17) is 5.73 Å². The Labute approximate surface area is 97.1 Å². The molecule has 0 aromatic carbocycles. The van der Waals surface area contributed by atoms with Crippen molar-refractivity contribution < 1.29 is 4.39 Å². The average Bonchev–Trinajstić information content (AvgIpc) is 2.30. The first kappa shape index (κ1) is 13.1. The van der Waals surface area contributed by atoms with Crippen molar-refractivity contribution in [2.45, 2.75) is 45.2 Å². The lowest BCUT2D eigenvalue weighted by Crippen LogP contribution is -2.35. The quantitative estimate of drug-likeness (QED) is 0.806. The van der Waals surface area contributed by atoms with Gasteiger partial charge in [0.2, 0.25) is 0 Å². The van der Waals surface area contributed by atoms with Crippen LogP contribution in [0, 0.1) is 0 Å². The highest BCUT2D eigenvalue weighted by Crippen LogP contribution is 2.21. The Morgan fingerprint density at radius 1 is 1.38 bits per heavy atom. The van der Waals surface area contributed by atoms with Gasteiger partial charge in [0.1, 0.15) is 5.67 Å². The Morgan fingerprint density at radius 3 is 2.56 bits per heavy atom. The molecule has 1 aromatic heterocycles. The van der Waals surface area contributed by atoms with E-state index in [0.717, 1.165) is 18.5 Å². The predicted molar refractivity (Wildman–Crippen MR) is 65.1 cm³/mol. The number of halogens is 1. The fourth-order valence-electron chi connectivity index (χ4n) is 1.80. The minimum Gasteiger partial charge on any atom is -0.328 e. The van der Waals surface area contributed by atoms with E-state index in [9.17, 15) is 4.39 Å². The van der Waals surface area contributed by atoms with E-state index in [1.54, 1.807) is 0 Å². The second-order valence-corrected chi connectivity index (χ2v) is 4.29. The van der Waals surface area contributed by atoms with Crippen molar-refractivity contribution in [3.63, 3.8) is 0 Å². The molecule has 0 saturated heterocycles. The third-order valence-electron chi connectivity index (χ3n) is 2.86. The summed E-state index contributed by atoms with van der Waals surface area (Å²) in [5.41, 5.74) is 6.17. The van der Waals surface area contributed by atoms with Gasteiger partial charge in [-0.25, -0.2) is 4.39 Å². The predicted octanol–water partition coefficient (Wildman–Crippen LogP) is 2.65. The summed E-state index contributed by atoms with van der Waals surface area (Å²) in [7, 11) is 0. The fraction of sp³-hybridized carbons (Fsp3) is 0.615. The van der Waals surface area contributed by atoms with E-state index in [0.29, 0.717) is 12.8 Å². The molecule has 0 aliphatic carbocycles. The zero-order valence-electron chi connectivity index (χ0n) is 10.2. The third kappa shape index (κ3) is 3.56. The van der Waals surface area contributed by atoms with Crippen molar-refractivity contribution in [2.75, 3.05) is 6.54 Å². The van der Waals surface area contributed by atoms with Gasteiger partial charge in [0.25, 0.3) is 0 Å². The van der Waals surface area contributed by atoms with Crippen LogP contribution in [0.3, 0.4) is 0 Å². The molecular weight excluding hydrogens is 203 g/mol. The molecule has 2 nitrogen and oxygen atoms in total. The van der Waals surface area contributed by atoms with Gasteiger partial charge in [-0.15, -0.1) is 0 Å². The molecule has 1 heterocycles. The summed E-state index contributed by atoms with van der Waals surface area (Å²) < 4.78 is 14.2. The van der Waals surface area contributed by atoms with Gasteiger partial charge < -0.3 is 5.73 Å². The molecule has 1 unspecified atom stereocenters. The summed E-state index contributed by atoms with van der Waals surface area (Å²) in [5.74, 6) is 0. The maximum atomic E-state index is 14.2. The monoisotopic (exact) mass is 224 g/mol. The zero-order chi connectivity index (χ0) is 12.0. The molecule has 1 atom stereocenters. The Balaban J connectivity index is 2.70. The van der Waals surface area contributed by atoms with Crippen LogP contribution in [0.4, 0.5) is 4.39 Å². The van der Waals surface area contributed by atoms with Crippen LogP contribution in [0.1, 0.15) is 37.9 Å². The summed E-state index contributed by atoms with van der Waals surface area (Å²) >= 11 is 0. The highest BCUT2D eigenvalue weighted by molar-refractivity contribution is 5.15. The van der Waals surface area contributed by atoms with Crippen molar-refractivity contribution in [1.82, 2.24) is 4.98 Å². The highest BCUT2D eigenvalue weighted by Gasteiger charge is 2.27. The number of hydrogen-bond acceptors (Lipinski definition) is 2. The summed E-state index contributed by atoms with van der Waals surface area (Å²) in [5, 5.41) is 0. The summed E-state index contributed by atoms with van der Waals surface area (Å²) in [6, 6.07) is 3.91. The normalized spacial score (nSPS) is 14.8. The Hall–Kier alpha value is -0.960. The van der Waals surface area contributed by atoms with Gasteiger partial charge in [-0.3, -0.25) is 4.98 Å². The molecule has 0 saturated carbocycles. The van der Waals surface area contributed by atoms with Crippen LogP contribution in [0.5, 0.6) is 0 Å². The minimum atomic E-state index is -1.30. The van der Waals surface area contributed by atoms with Gasteiger partial charge >= 0.3 is 0 Å². The Kier molecular flexibility index (Phi) is 4.87. The van der Waals surface area contributed by atoms with Crippen molar-refractivity contribution >= 4 is 0 Å². The maximum absolute atomic E-state index is 14.2. The standard InChI is InChI=1S/C13H21FN2/c1-3-7-13(14,10-15)8-12-6-5-11(4-2)9-16-12/h5-6,9H,3-4,7-8,10,15H2,1-2H3. The van der Waals surface area contributed by atoms with Crippen LogP contribution in [0.2, 0.25) is 0 Å². The second kappa shape index (κ2) is 5.94. The molecule has 1 aromatic rings. The first-order valence-electron chi connectivity index (χ1n) is 5.96. The van der Waals surface area contributed by atoms with Gasteiger partial charge in [-0.2, -0.15) is 0 Å². The molecule has 3 heteroatoms. The molecule has 0 amide bonds. The van der Waals surface area contributed by atoms with Crippen molar-refractivity contribution in [3.05, 3.63) is 29.6 Å². The van der Waals surface area contributed by atoms with Gasteiger partial charge in [-0.1, -0.05) is 26.3 Å². The van der Waals surface area contributed by atoms with E-state index in [2.05, 4.69) is 11.9 Å². The van der Waals surface area contributed by atoms with Crippen LogP contribution in [-0.4, -0.2) is 17.2 Å². The lowest BCUT2D eigenvalue weighted by atomic mass is 9.94. The highest BCUT2D eigenvalue weighted by atomic mass is 19.1. The van der Waals surface area contributed by atoms with Crippen molar-refractivity contribution in [1.29, 1.82) is 0 Å². The maximum Gasteiger partial charge on any atom is 0.128 e. The molecule has 2 N–H and O–H groups in total. The van der Waals surface area contributed by atoms with Gasteiger partial charge in [0.05, 0.1) is 0 Å². The molecule has 16 heavy (non-hydrogen) atoms. The van der Waals surface area contributed by atoms with Crippen molar-refractivity contribution in [2.24, 2.45) is 5.73 Å². The molecule has 0 radical (unpaired) electrons. The van der Waals surface area contributed by atoms with Gasteiger partial charge in [-0.05, 0) is 24.5 Å². The number of hydrogen-bond donors (Lipinski definition) is 1. The van der Waals surface area contributed by atoms with Crippen LogP contribution >= 0.6 is 0 Å². The minimum absolute atomic E-state index is 0.0675. The summed E-state index contributed by atoms with van der Waals surface area (Å²) in [6.07, 6.45) is 4.40. The zero-order valence-corrected chi connectivity index (χ0v) is 10.2. The number of nitrogens with zero attached hydrogens (tertiary/aromatic N) is 1. The SMILES string of the molecule is CCCC(F)(CN)Cc1ccc(CC)cn1. The first-order chi connectivity index (χ1) is 7.63. The van der Waals surface area contributed by atoms with Gasteiger partial charge in [0, 0.05) is 24.9 Å². The second-order valence-electron chi connectivity index (χ2n) is 4.29. The largest absolute Gasteiger partial charge is 0.328 e. The molecular formula is C13H21FN2. The lowest BCUT2D eigenvalue weighted by molar-refractivity contribution is 0.157. The van der Waals surface area contributed by atoms with E-state index in [-0.39, 0.29) is 6.54 Å². The summed E-state index contributed by atoms with van der Waals surface area (Å²) in [6.45, 7) is 4.11. The molecule has 1 rings (SSSR count). The van der Waals surface area contributed by atoms with E-state index in [1.165, 1.54) is 5.56 Å². The third-order valence-corrected chi connectivity index (χ3v) is 2.86. The van der Waals surface area contributed by atoms with Crippen molar-refractivity contribution in [3.8, 4) is 0 Å². The number of nitrogens with two attached hydrogens (primary N) is 1. The topological polar surface area (TPSA) is 38.9 Å². The van der Waals surface area contributed by atoms with E-state index in [1.807, 2.05) is 25.3 Å². The molecule has 90 valence electrons. The summed E-state index contributed by atoms with van der Waals surface area (Å²) in [4.78, 5) is 4.27.